The van der Waals surface area contributed by atoms with E-state index in [0.717, 1.165) is 59.2 Å². The fourth-order valence-electron chi connectivity index (χ4n) is 5.55. The number of nitrogens with zero attached hydrogens (tertiary/aromatic N) is 3. The molecule has 3 heterocycles. The van der Waals surface area contributed by atoms with Gasteiger partial charge in [-0.1, -0.05) is 78.4 Å². The van der Waals surface area contributed by atoms with Gasteiger partial charge in [-0.2, -0.15) is 0 Å². The van der Waals surface area contributed by atoms with E-state index in [-0.39, 0.29) is 11.8 Å². The van der Waals surface area contributed by atoms with Crippen LogP contribution >= 0.6 is 39.9 Å². The molecule has 1 aliphatic carbocycles. The number of benzene rings is 1. The number of likely N-dealkylation sites (tertiary alicyclic amines) is 1. The van der Waals surface area contributed by atoms with Crippen molar-refractivity contribution in [3.63, 3.8) is 0 Å². The van der Waals surface area contributed by atoms with Gasteiger partial charge in [-0.25, -0.2) is 0 Å². The number of hydrogen-bond acceptors (Lipinski definition) is 4. The molecule has 8 heteroatoms. The molecule has 2 amide bonds. The number of fused-ring (bicyclic) bond motifs is 1. The van der Waals surface area contributed by atoms with Crippen LogP contribution in [0.15, 0.2) is 33.8 Å². The maximum absolute atomic E-state index is 13.2. The van der Waals surface area contributed by atoms with Gasteiger partial charge in [-0.3, -0.25) is 14.5 Å². The fraction of sp³-hybridized carbons (Fsp3) is 0.519. The molecule has 0 unspecified atom stereocenters. The van der Waals surface area contributed by atoms with Gasteiger partial charge < -0.3 is 9.47 Å². The monoisotopic (exact) mass is 573 g/mol. The van der Waals surface area contributed by atoms with Gasteiger partial charge in [0.15, 0.2) is 0 Å². The first-order valence-electron chi connectivity index (χ1n) is 12.8. The van der Waals surface area contributed by atoms with Crippen molar-refractivity contribution < 1.29 is 9.59 Å². The summed E-state index contributed by atoms with van der Waals surface area (Å²) in [7, 11) is 0. The Bertz CT molecular complexity index is 1160. The maximum atomic E-state index is 13.2. The van der Waals surface area contributed by atoms with E-state index in [1.807, 2.05) is 33.9 Å². The first-order valence-corrected chi connectivity index (χ1v) is 14.8. The molecule has 35 heavy (non-hydrogen) atoms. The first-order chi connectivity index (χ1) is 17.0. The third-order valence-corrected chi connectivity index (χ3v) is 9.41. The summed E-state index contributed by atoms with van der Waals surface area (Å²) in [5.74, 6) is 0.895. The summed E-state index contributed by atoms with van der Waals surface area (Å²) in [5.41, 5.74) is 1.94. The van der Waals surface area contributed by atoms with Crippen LogP contribution in [0, 0.1) is 5.92 Å². The minimum Gasteiger partial charge on any atom is -0.341 e. The lowest BCUT2D eigenvalue weighted by molar-refractivity contribution is -0.131. The minimum absolute atomic E-state index is 0.00883. The van der Waals surface area contributed by atoms with Gasteiger partial charge in [0.05, 0.1) is 4.91 Å². The van der Waals surface area contributed by atoms with Crippen LogP contribution in [-0.4, -0.2) is 50.1 Å². The van der Waals surface area contributed by atoms with Gasteiger partial charge in [0.25, 0.3) is 5.91 Å². The Kier molecular flexibility index (Phi) is 7.99. The molecule has 0 atom stereocenters. The largest absolute Gasteiger partial charge is 0.341 e. The number of aromatic nitrogens is 1. The number of amides is 2. The van der Waals surface area contributed by atoms with Crippen LogP contribution in [0.2, 0.25) is 0 Å². The standard InChI is InChI=1S/C27H32BrN3O2S2/c28-21-9-10-23-22(16-21)20(17-30(23)18-25(32)29-12-5-1-2-6-13-29)15-24-26(33)31(27(34)35-24)14-11-19-7-3-4-8-19/h9-10,15-17,19H,1-8,11-14,18H2/b24-15-. The van der Waals surface area contributed by atoms with E-state index < -0.39 is 0 Å². The molecule has 0 N–H and O–H groups in total. The maximum Gasteiger partial charge on any atom is 0.266 e. The van der Waals surface area contributed by atoms with Crippen LogP contribution in [0.5, 0.6) is 0 Å². The minimum atomic E-state index is 0.00883. The summed E-state index contributed by atoms with van der Waals surface area (Å²) >= 11 is 10.6. The van der Waals surface area contributed by atoms with Crippen LogP contribution in [0.1, 0.15) is 63.4 Å². The smallest absolute Gasteiger partial charge is 0.266 e. The van der Waals surface area contributed by atoms with Crippen molar-refractivity contribution >= 4 is 73.0 Å². The van der Waals surface area contributed by atoms with Crippen molar-refractivity contribution in [3.05, 3.63) is 39.3 Å². The molecule has 5 rings (SSSR count). The zero-order valence-corrected chi connectivity index (χ0v) is 23.2. The second-order valence-electron chi connectivity index (χ2n) is 9.94. The van der Waals surface area contributed by atoms with Crippen molar-refractivity contribution in [2.45, 2.75) is 64.3 Å². The van der Waals surface area contributed by atoms with Gasteiger partial charge in [-0.05, 0) is 49.5 Å². The van der Waals surface area contributed by atoms with E-state index in [1.165, 1.54) is 50.3 Å². The SMILES string of the molecule is O=C(Cn1cc(/C=C2\SC(=S)N(CCC3CCCC3)C2=O)c2cc(Br)ccc21)N1CCCCCC1. The second kappa shape index (κ2) is 11.2. The number of halogens is 1. The van der Waals surface area contributed by atoms with E-state index in [9.17, 15) is 9.59 Å². The van der Waals surface area contributed by atoms with Gasteiger partial charge in [0.1, 0.15) is 10.9 Å². The van der Waals surface area contributed by atoms with Crippen LogP contribution < -0.4 is 0 Å². The van der Waals surface area contributed by atoms with Crippen molar-refractivity contribution in [1.29, 1.82) is 0 Å². The van der Waals surface area contributed by atoms with Crippen LogP contribution in [0.25, 0.3) is 17.0 Å². The predicted octanol–water partition coefficient (Wildman–Crippen LogP) is 6.59. The topological polar surface area (TPSA) is 45.6 Å². The van der Waals surface area contributed by atoms with Crippen molar-refractivity contribution in [2.75, 3.05) is 19.6 Å². The molecule has 2 aliphatic heterocycles. The molecular weight excluding hydrogens is 542 g/mol. The number of carbonyl (C=O) groups excluding carboxylic acids is 2. The summed E-state index contributed by atoms with van der Waals surface area (Å²) < 4.78 is 3.66. The summed E-state index contributed by atoms with van der Waals surface area (Å²) in [4.78, 5) is 30.8. The highest BCUT2D eigenvalue weighted by atomic mass is 79.9. The Morgan fingerprint density at radius 3 is 2.60 bits per heavy atom. The average molecular weight is 575 g/mol. The molecule has 2 saturated heterocycles. The predicted molar refractivity (Wildman–Crippen MR) is 151 cm³/mol. The van der Waals surface area contributed by atoms with E-state index in [1.54, 1.807) is 4.90 Å². The molecule has 1 saturated carbocycles. The zero-order valence-electron chi connectivity index (χ0n) is 20.0. The lowest BCUT2D eigenvalue weighted by atomic mass is 10.0. The summed E-state index contributed by atoms with van der Waals surface area (Å²) in [6, 6.07) is 6.11. The third-order valence-electron chi connectivity index (χ3n) is 7.53. The van der Waals surface area contributed by atoms with Gasteiger partial charge in [0, 0.05) is 46.8 Å². The Labute approximate surface area is 225 Å². The quantitative estimate of drug-likeness (QED) is 0.289. The molecule has 0 radical (unpaired) electrons. The van der Waals surface area contributed by atoms with Crippen LogP contribution in [-0.2, 0) is 16.1 Å². The Hall–Kier alpha value is -1.64. The van der Waals surface area contributed by atoms with Gasteiger partial charge in [0.2, 0.25) is 5.91 Å². The third kappa shape index (κ3) is 5.70. The second-order valence-corrected chi connectivity index (χ2v) is 12.5. The van der Waals surface area contributed by atoms with Gasteiger partial charge in [-0.15, -0.1) is 0 Å². The van der Waals surface area contributed by atoms with Crippen LogP contribution in [0.4, 0.5) is 0 Å². The molecule has 3 fully saturated rings. The normalized spacial score (nSPS) is 21.0. The summed E-state index contributed by atoms with van der Waals surface area (Å²) in [6.07, 6.45) is 14.7. The van der Waals surface area contributed by atoms with E-state index in [0.29, 0.717) is 22.3 Å². The zero-order chi connectivity index (χ0) is 24.4. The van der Waals surface area contributed by atoms with E-state index >= 15 is 0 Å². The molecule has 2 aromatic rings. The molecule has 0 spiro atoms. The van der Waals surface area contributed by atoms with Crippen molar-refractivity contribution in [1.82, 2.24) is 14.4 Å². The lowest BCUT2D eigenvalue weighted by Crippen LogP contribution is -2.34. The molecule has 186 valence electrons. The van der Waals surface area contributed by atoms with Crippen LogP contribution in [0.3, 0.4) is 0 Å². The Morgan fingerprint density at radius 1 is 1.11 bits per heavy atom. The number of rotatable bonds is 6. The highest BCUT2D eigenvalue weighted by Crippen LogP contribution is 2.36. The molecular formula is C27H32BrN3O2S2. The molecule has 3 aliphatic rings. The summed E-state index contributed by atoms with van der Waals surface area (Å²) in [6.45, 7) is 2.72. The highest BCUT2D eigenvalue weighted by Gasteiger charge is 2.32. The highest BCUT2D eigenvalue weighted by molar-refractivity contribution is 9.10. The Balaban J connectivity index is 1.37. The molecule has 1 aromatic heterocycles. The Morgan fingerprint density at radius 2 is 1.86 bits per heavy atom. The summed E-state index contributed by atoms with van der Waals surface area (Å²) in [5, 5.41) is 1.03. The number of thiocarbonyl (C=S) groups is 1. The van der Waals surface area contributed by atoms with Crippen molar-refractivity contribution in [2.24, 2.45) is 5.92 Å². The van der Waals surface area contributed by atoms with E-state index in [2.05, 4.69) is 22.0 Å². The lowest BCUT2D eigenvalue weighted by Gasteiger charge is -2.20. The van der Waals surface area contributed by atoms with Crippen molar-refractivity contribution in [3.8, 4) is 0 Å². The average Bonchev–Trinajstić information content (AvgIpc) is 3.45. The molecule has 5 nitrogen and oxygen atoms in total. The van der Waals surface area contributed by atoms with E-state index in [4.69, 9.17) is 12.2 Å². The van der Waals surface area contributed by atoms with Gasteiger partial charge >= 0.3 is 0 Å². The molecule has 0 bridgehead atoms. The number of thioether (sulfide) groups is 1. The number of hydrogen-bond donors (Lipinski definition) is 0. The first kappa shape index (κ1) is 25.0. The fourth-order valence-corrected chi connectivity index (χ4v) is 7.21. The number of carbonyl (C=O) groups is 2. The molecule has 1 aromatic carbocycles.